The number of aromatic nitrogens is 1. The van der Waals surface area contributed by atoms with Gasteiger partial charge in [0.1, 0.15) is 5.69 Å². The van der Waals surface area contributed by atoms with Gasteiger partial charge in [-0.25, -0.2) is 0 Å². The largest absolute Gasteiger partial charge is 0.396 e. The number of hydrogen-bond donors (Lipinski definition) is 2. The van der Waals surface area contributed by atoms with E-state index in [0.29, 0.717) is 12.5 Å². The number of nitrogens with zero attached hydrogens (tertiary/aromatic N) is 1. The molecule has 2 N–H and O–H groups in total. The summed E-state index contributed by atoms with van der Waals surface area (Å²) in [6.07, 6.45) is 6.15. The Kier molecular flexibility index (Phi) is 4.53. The van der Waals surface area contributed by atoms with Crippen LogP contribution in [-0.4, -0.2) is 28.2 Å². The second-order valence-electron chi connectivity index (χ2n) is 6.79. The van der Waals surface area contributed by atoms with Crippen molar-refractivity contribution in [3.8, 4) is 0 Å². The summed E-state index contributed by atoms with van der Waals surface area (Å²) in [5, 5.41) is 12.3. The van der Waals surface area contributed by atoms with Gasteiger partial charge in [-0.15, -0.1) is 0 Å². The standard InChI is InChI=1S/C16H26N2O2/c1-16(2,3)14(9-11-19)17-15(20)13-8-5-10-18(13)12-6-4-7-12/h5,8,10,12,14,19H,4,6-7,9,11H2,1-3H3,(H,17,20). The number of nitrogens with one attached hydrogen (secondary N) is 1. The summed E-state index contributed by atoms with van der Waals surface area (Å²) >= 11 is 0. The van der Waals surface area contributed by atoms with Crippen LogP contribution in [0.1, 0.15) is 63.0 Å². The Labute approximate surface area is 121 Å². The first kappa shape index (κ1) is 15.1. The number of hydrogen-bond acceptors (Lipinski definition) is 2. The number of amides is 1. The van der Waals surface area contributed by atoms with E-state index >= 15 is 0 Å². The molecule has 20 heavy (non-hydrogen) atoms. The van der Waals surface area contributed by atoms with Crippen molar-refractivity contribution in [1.29, 1.82) is 0 Å². The van der Waals surface area contributed by atoms with Gasteiger partial charge in [0.25, 0.3) is 5.91 Å². The van der Waals surface area contributed by atoms with Crippen molar-refractivity contribution >= 4 is 5.91 Å². The molecule has 1 heterocycles. The Morgan fingerprint density at radius 2 is 2.20 bits per heavy atom. The van der Waals surface area contributed by atoms with Crippen LogP contribution in [0.25, 0.3) is 0 Å². The van der Waals surface area contributed by atoms with Gasteiger partial charge in [-0.3, -0.25) is 4.79 Å². The predicted molar refractivity (Wildman–Crippen MR) is 79.7 cm³/mol. The lowest BCUT2D eigenvalue weighted by molar-refractivity contribution is 0.0870. The fraction of sp³-hybridized carbons (Fsp3) is 0.688. The average Bonchev–Trinajstić information content (AvgIpc) is 2.73. The maximum atomic E-state index is 12.5. The Hall–Kier alpha value is -1.29. The molecule has 112 valence electrons. The molecule has 4 heteroatoms. The van der Waals surface area contributed by atoms with Crippen LogP contribution in [0, 0.1) is 5.41 Å². The molecule has 1 fully saturated rings. The van der Waals surface area contributed by atoms with E-state index in [-0.39, 0.29) is 24.0 Å². The predicted octanol–water partition coefficient (Wildman–Crippen LogP) is 2.74. The molecule has 1 unspecified atom stereocenters. The summed E-state index contributed by atoms with van der Waals surface area (Å²) in [6, 6.07) is 4.28. The van der Waals surface area contributed by atoms with E-state index < -0.39 is 0 Å². The van der Waals surface area contributed by atoms with Crippen molar-refractivity contribution in [1.82, 2.24) is 9.88 Å². The molecule has 1 amide bonds. The maximum Gasteiger partial charge on any atom is 0.268 e. The van der Waals surface area contributed by atoms with Crippen molar-refractivity contribution in [2.75, 3.05) is 6.61 Å². The number of aliphatic hydroxyl groups excluding tert-OH is 1. The van der Waals surface area contributed by atoms with E-state index in [1.807, 2.05) is 18.3 Å². The minimum absolute atomic E-state index is 0.0234. The third kappa shape index (κ3) is 3.23. The van der Waals surface area contributed by atoms with Gasteiger partial charge in [-0.1, -0.05) is 20.8 Å². The number of carbonyl (C=O) groups is 1. The topological polar surface area (TPSA) is 54.3 Å². The smallest absolute Gasteiger partial charge is 0.268 e. The quantitative estimate of drug-likeness (QED) is 0.870. The first-order chi connectivity index (χ1) is 9.43. The van der Waals surface area contributed by atoms with Crippen LogP contribution in [0.5, 0.6) is 0 Å². The zero-order chi connectivity index (χ0) is 14.8. The molecule has 1 aliphatic rings. The van der Waals surface area contributed by atoms with Gasteiger partial charge in [0.15, 0.2) is 0 Å². The van der Waals surface area contributed by atoms with E-state index in [1.54, 1.807) is 0 Å². The third-order valence-corrected chi connectivity index (χ3v) is 4.25. The second kappa shape index (κ2) is 6.00. The average molecular weight is 278 g/mol. The van der Waals surface area contributed by atoms with Gasteiger partial charge in [0.05, 0.1) is 0 Å². The van der Waals surface area contributed by atoms with Crippen LogP contribution in [0.2, 0.25) is 0 Å². The highest BCUT2D eigenvalue weighted by Crippen LogP contribution is 2.32. The third-order valence-electron chi connectivity index (χ3n) is 4.25. The summed E-state index contributed by atoms with van der Waals surface area (Å²) in [5.74, 6) is -0.0322. The lowest BCUT2D eigenvalue weighted by Crippen LogP contribution is -2.45. The van der Waals surface area contributed by atoms with E-state index in [4.69, 9.17) is 0 Å². The zero-order valence-electron chi connectivity index (χ0n) is 12.7. The monoisotopic (exact) mass is 278 g/mol. The van der Waals surface area contributed by atoms with Crippen LogP contribution >= 0.6 is 0 Å². The minimum Gasteiger partial charge on any atom is -0.396 e. The van der Waals surface area contributed by atoms with Gasteiger partial charge in [-0.05, 0) is 43.2 Å². The lowest BCUT2D eigenvalue weighted by Gasteiger charge is -2.32. The van der Waals surface area contributed by atoms with Crippen LogP contribution in [0.4, 0.5) is 0 Å². The Balaban J connectivity index is 2.08. The number of rotatable bonds is 5. The Morgan fingerprint density at radius 1 is 1.50 bits per heavy atom. The minimum atomic E-state index is -0.0632. The Morgan fingerprint density at radius 3 is 2.70 bits per heavy atom. The maximum absolute atomic E-state index is 12.5. The van der Waals surface area contributed by atoms with Crippen molar-refractivity contribution in [3.63, 3.8) is 0 Å². The Bertz CT molecular complexity index is 455. The molecule has 0 bridgehead atoms. The van der Waals surface area contributed by atoms with Gasteiger partial charge >= 0.3 is 0 Å². The molecule has 1 atom stereocenters. The summed E-state index contributed by atoms with van der Waals surface area (Å²) in [7, 11) is 0. The molecule has 1 aromatic heterocycles. The van der Waals surface area contributed by atoms with E-state index in [2.05, 4.69) is 30.7 Å². The fourth-order valence-electron chi connectivity index (χ4n) is 2.65. The molecule has 2 rings (SSSR count). The SMILES string of the molecule is CC(C)(C)C(CCO)NC(=O)c1cccn1C1CCC1. The first-order valence-electron chi connectivity index (χ1n) is 7.52. The normalized spacial score (nSPS) is 17.6. The first-order valence-corrected chi connectivity index (χ1v) is 7.52. The second-order valence-corrected chi connectivity index (χ2v) is 6.79. The zero-order valence-corrected chi connectivity index (χ0v) is 12.7. The van der Waals surface area contributed by atoms with Crippen LogP contribution in [-0.2, 0) is 0 Å². The molecule has 1 aromatic rings. The molecule has 4 nitrogen and oxygen atoms in total. The molecule has 0 aliphatic heterocycles. The van der Waals surface area contributed by atoms with Crippen LogP contribution < -0.4 is 5.32 Å². The molecular weight excluding hydrogens is 252 g/mol. The highest BCUT2D eigenvalue weighted by atomic mass is 16.3. The summed E-state index contributed by atoms with van der Waals surface area (Å²) in [4.78, 5) is 12.5. The van der Waals surface area contributed by atoms with E-state index in [0.717, 1.165) is 18.5 Å². The molecule has 0 aromatic carbocycles. The van der Waals surface area contributed by atoms with Gasteiger partial charge < -0.3 is 15.0 Å². The van der Waals surface area contributed by atoms with Gasteiger partial charge in [0.2, 0.25) is 0 Å². The van der Waals surface area contributed by atoms with Gasteiger partial charge in [-0.2, -0.15) is 0 Å². The highest BCUT2D eigenvalue weighted by Gasteiger charge is 2.28. The molecule has 0 spiro atoms. The molecule has 0 radical (unpaired) electrons. The number of carbonyl (C=O) groups excluding carboxylic acids is 1. The van der Waals surface area contributed by atoms with Crippen LogP contribution in [0.15, 0.2) is 18.3 Å². The summed E-state index contributed by atoms with van der Waals surface area (Å²) < 4.78 is 2.09. The number of aliphatic hydroxyl groups is 1. The lowest BCUT2D eigenvalue weighted by atomic mass is 9.85. The van der Waals surface area contributed by atoms with Crippen LogP contribution in [0.3, 0.4) is 0 Å². The molecule has 1 aliphatic carbocycles. The summed E-state index contributed by atoms with van der Waals surface area (Å²) in [5.41, 5.74) is 0.675. The van der Waals surface area contributed by atoms with Crippen molar-refractivity contribution < 1.29 is 9.90 Å². The van der Waals surface area contributed by atoms with Crippen molar-refractivity contribution in [2.24, 2.45) is 5.41 Å². The molecular formula is C16H26N2O2. The van der Waals surface area contributed by atoms with Gasteiger partial charge in [0, 0.05) is 24.9 Å². The highest BCUT2D eigenvalue weighted by molar-refractivity contribution is 5.93. The fourth-order valence-corrected chi connectivity index (χ4v) is 2.65. The summed E-state index contributed by atoms with van der Waals surface area (Å²) in [6.45, 7) is 6.33. The van der Waals surface area contributed by atoms with Crippen molar-refractivity contribution in [3.05, 3.63) is 24.0 Å². The molecule has 1 saturated carbocycles. The van der Waals surface area contributed by atoms with E-state index in [1.165, 1.54) is 6.42 Å². The molecule has 0 saturated heterocycles. The van der Waals surface area contributed by atoms with E-state index in [9.17, 15) is 9.90 Å². The van der Waals surface area contributed by atoms with Crippen molar-refractivity contribution in [2.45, 2.75) is 58.5 Å².